The van der Waals surface area contributed by atoms with E-state index in [0.717, 1.165) is 6.42 Å². The number of fused-ring (bicyclic) bond motifs is 2. The minimum atomic E-state index is 0.0645. The van der Waals surface area contributed by atoms with Gasteiger partial charge in [-0.25, -0.2) is 0 Å². The van der Waals surface area contributed by atoms with Crippen LogP contribution in [0, 0.1) is 23.7 Å². The molecule has 28 heavy (non-hydrogen) atoms. The first-order valence-electron chi connectivity index (χ1n) is 12.6. The second-order valence-corrected chi connectivity index (χ2v) is 9.45. The summed E-state index contributed by atoms with van der Waals surface area (Å²) in [6, 6.07) is 0. The summed E-state index contributed by atoms with van der Waals surface area (Å²) in [6.07, 6.45) is 26.2. The number of hydrogen-bond acceptors (Lipinski definition) is 2. The lowest BCUT2D eigenvalue weighted by atomic mass is 9.84. The maximum Gasteiger partial charge on any atom is 0.309 e. The molecule has 2 aliphatic carbocycles. The van der Waals surface area contributed by atoms with Gasteiger partial charge in [-0.2, -0.15) is 0 Å². The van der Waals surface area contributed by atoms with Crippen molar-refractivity contribution in [2.45, 2.75) is 117 Å². The molecule has 1 fully saturated rings. The van der Waals surface area contributed by atoms with Crippen molar-refractivity contribution in [1.82, 2.24) is 0 Å². The third-order valence-corrected chi connectivity index (χ3v) is 7.12. The van der Waals surface area contributed by atoms with Crippen molar-refractivity contribution in [2.75, 3.05) is 6.61 Å². The smallest absolute Gasteiger partial charge is 0.309 e. The highest BCUT2D eigenvalue weighted by molar-refractivity contribution is 5.74. The van der Waals surface area contributed by atoms with Crippen molar-refractivity contribution in [3.8, 4) is 0 Å². The van der Waals surface area contributed by atoms with Gasteiger partial charge in [0.1, 0.15) is 0 Å². The molecule has 0 amide bonds. The molecule has 162 valence electrons. The van der Waals surface area contributed by atoms with Crippen LogP contribution in [-0.4, -0.2) is 12.6 Å². The van der Waals surface area contributed by atoms with Crippen LogP contribution in [0.3, 0.4) is 0 Å². The molecule has 0 saturated heterocycles. The van der Waals surface area contributed by atoms with Gasteiger partial charge in [0.2, 0.25) is 0 Å². The Kier molecular flexibility index (Phi) is 11.9. The van der Waals surface area contributed by atoms with Gasteiger partial charge >= 0.3 is 5.97 Å². The average Bonchev–Trinajstić information content (AvgIpc) is 3.28. The number of unbranched alkanes of at least 4 members (excludes halogenated alkanes) is 14. The van der Waals surface area contributed by atoms with E-state index >= 15 is 0 Å². The molecule has 2 aliphatic rings. The molecule has 2 heteroatoms. The molecule has 4 atom stereocenters. The van der Waals surface area contributed by atoms with E-state index in [4.69, 9.17) is 4.74 Å². The molecule has 0 aromatic heterocycles. The predicted molar refractivity (Wildman–Crippen MR) is 119 cm³/mol. The predicted octanol–water partition coefficient (Wildman–Crippen LogP) is 7.86. The van der Waals surface area contributed by atoms with Crippen LogP contribution >= 0.6 is 0 Å². The maximum absolute atomic E-state index is 12.3. The van der Waals surface area contributed by atoms with Crippen LogP contribution in [0.1, 0.15) is 117 Å². The van der Waals surface area contributed by atoms with Crippen LogP contribution in [0.2, 0.25) is 0 Å². The second kappa shape index (κ2) is 14.2. The minimum absolute atomic E-state index is 0.0645. The summed E-state index contributed by atoms with van der Waals surface area (Å²) in [6.45, 7) is 5.13. The van der Waals surface area contributed by atoms with E-state index in [-0.39, 0.29) is 11.9 Å². The molecule has 1 saturated carbocycles. The molecule has 4 unspecified atom stereocenters. The fraction of sp³-hybridized carbons (Fsp3) is 0.885. The van der Waals surface area contributed by atoms with Crippen LogP contribution < -0.4 is 0 Å². The number of carbonyl (C=O) groups excluding carboxylic acids is 1. The Balaban J connectivity index is 1.30. The van der Waals surface area contributed by atoms with Crippen molar-refractivity contribution < 1.29 is 9.53 Å². The van der Waals surface area contributed by atoms with E-state index in [1.54, 1.807) is 0 Å². The van der Waals surface area contributed by atoms with Gasteiger partial charge in [0.25, 0.3) is 0 Å². The zero-order valence-electron chi connectivity index (χ0n) is 18.8. The third kappa shape index (κ3) is 8.29. The van der Waals surface area contributed by atoms with Gasteiger partial charge in [-0.3, -0.25) is 4.79 Å². The van der Waals surface area contributed by atoms with E-state index < -0.39 is 0 Å². The van der Waals surface area contributed by atoms with Gasteiger partial charge < -0.3 is 4.74 Å². The lowest BCUT2D eigenvalue weighted by Crippen LogP contribution is -2.27. The van der Waals surface area contributed by atoms with E-state index in [0.29, 0.717) is 24.4 Å². The molecule has 2 bridgehead atoms. The zero-order chi connectivity index (χ0) is 20.0. The molecule has 0 N–H and O–H groups in total. The quantitative estimate of drug-likeness (QED) is 0.143. The third-order valence-electron chi connectivity index (χ3n) is 7.12. The zero-order valence-corrected chi connectivity index (χ0v) is 18.8. The molecule has 0 aromatic carbocycles. The molecule has 2 rings (SSSR count). The Hall–Kier alpha value is -0.790. The minimum Gasteiger partial charge on any atom is -0.465 e. The summed E-state index contributed by atoms with van der Waals surface area (Å²) in [5, 5.41) is 0. The first kappa shape index (κ1) is 23.5. The van der Waals surface area contributed by atoms with Crippen LogP contribution in [0.4, 0.5) is 0 Å². The van der Waals surface area contributed by atoms with E-state index in [1.807, 2.05) is 0 Å². The summed E-state index contributed by atoms with van der Waals surface area (Å²) in [4.78, 5) is 12.3. The van der Waals surface area contributed by atoms with E-state index in [1.165, 1.54) is 96.3 Å². The molecular formula is C26H46O2. The summed E-state index contributed by atoms with van der Waals surface area (Å²) in [5.74, 6) is 1.74. The molecule has 0 heterocycles. The fourth-order valence-corrected chi connectivity index (χ4v) is 5.20. The maximum atomic E-state index is 12.3. The number of rotatable bonds is 17. The van der Waals surface area contributed by atoms with Gasteiger partial charge in [0.15, 0.2) is 0 Å². The van der Waals surface area contributed by atoms with Gasteiger partial charge in [0, 0.05) is 0 Å². The Labute approximate surface area is 174 Å². The standard InChI is InChI=1S/C26H46O2/c1-3-4-5-6-7-8-9-10-11-12-13-14-15-16-17-20-28-26(27)25-22(2)23-18-19-24(25)21-23/h18-19,22-25H,3-17,20-21H2,1-2H3. The summed E-state index contributed by atoms with van der Waals surface area (Å²) in [7, 11) is 0. The average molecular weight is 391 g/mol. The normalized spacial score (nSPS) is 25.5. The van der Waals surface area contributed by atoms with Crippen LogP contribution in [0.5, 0.6) is 0 Å². The highest BCUT2D eigenvalue weighted by Gasteiger charge is 2.46. The second-order valence-electron chi connectivity index (χ2n) is 9.45. The van der Waals surface area contributed by atoms with Crippen molar-refractivity contribution >= 4 is 5.97 Å². The first-order chi connectivity index (χ1) is 13.7. The van der Waals surface area contributed by atoms with Gasteiger partial charge in [-0.05, 0) is 30.6 Å². The summed E-state index contributed by atoms with van der Waals surface area (Å²) < 4.78 is 5.59. The molecule has 2 nitrogen and oxygen atoms in total. The van der Waals surface area contributed by atoms with Gasteiger partial charge in [-0.15, -0.1) is 0 Å². The number of ether oxygens (including phenoxy) is 1. The summed E-state index contributed by atoms with van der Waals surface area (Å²) in [5.41, 5.74) is 0. The number of carbonyl (C=O) groups is 1. The van der Waals surface area contributed by atoms with Crippen LogP contribution in [0.25, 0.3) is 0 Å². The van der Waals surface area contributed by atoms with Crippen molar-refractivity contribution in [2.24, 2.45) is 23.7 Å². The van der Waals surface area contributed by atoms with Crippen molar-refractivity contribution in [3.05, 3.63) is 12.2 Å². The van der Waals surface area contributed by atoms with E-state index in [9.17, 15) is 4.79 Å². The van der Waals surface area contributed by atoms with Crippen LogP contribution in [0.15, 0.2) is 12.2 Å². The monoisotopic (exact) mass is 390 g/mol. The largest absolute Gasteiger partial charge is 0.465 e. The van der Waals surface area contributed by atoms with Gasteiger partial charge in [-0.1, -0.05) is 116 Å². The number of allylic oxidation sites excluding steroid dienone is 2. The Morgan fingerprint density at radius 2 is 1.21 bits per heavy atom. The molecule has 0 aliphatic heterocycles. The molecule has 0 radical (unpaired) electrons. The number of esters is 1. The lowest BCUT2D eigenvalue weighted by Gasteiger charge is -2.22. The first-order valence-corrected chi connectivity index (χ1v) is 12.6. The topological polar surface area (TPSA) is 26.3 Å². The van der Waals surface area contributed by atoms with Crippen LogP contribution in [-0.2, 0) is 9.53 Å². The number of hydrogen-bond donors (Lipinski definition) is 0. The SMILES string of the molecule is CCCCCCCCCCCCCCCCCOC(=O)C1C2C=CC(C2)C1C. The van der Waals surface area contributed by atoms with Crippen molar-refractivity contribution in [3.63, 3.8) is 0 Å². The Morgan fingerprint density at radius 1 is 0.750 bits per heavy atom. The molecular weight excluding hydrogens is 344 g/mol. The molecule has 0 aromatic rings. The van der Waals surface area contributed by atoms with Gasteiger partial charge in [0.05, 0.1) is 12.5 Å². The Morgan fingerprint density at radius 3 is 1.68 bits per heavy atom. The summed E-state index contributed by atoms with van der Waals surface area (Å²) >= 11 is 0. The lowest BCUT2D eigenvalue weighted by molar-refractivity contribution is -0.151. The Bertz CT molecular complexity index is 442. The highest BCUT2D eigenvalue weighted by Crippen LogP contribution is 2.48. The van der Waals surface area contributed by atoms with E-state index in [2.05, 4.69) is 26.0 Å². The fourth-order valence-electron chi connectivity index (χ4n) is 5.20. The molecule has 0 spiro atoms. The highest BCUT2D eigenvalue weighted by atomic mass is 16.5. The van der Waals surface area contributed by atoms with Crippen molar-refractivity contribution in [1.29, 1.82) is 0 Å².